The van der Waals surface area contributed by atoms with Crippen LogP contribution in [-0.4, -0.2) is 36.3 Å². The van der Waals surface area contributed by atoms with E-state index in [4.69, 9.17) is 9.47 Å². The van der Waals surface area contributed by atoms with Crippen molar-refractivity contribution in [1.29, 1.82) is 0 Å². The molecule has 0 bridgehead atoms. The molecule has 1 fully saturated rings. The molecule has 100 valence electrons. The average molecular weight is 251 g/mol. The Morgan fingerprint density at radius 2 is 2.33 bits per heavy atom. The van der Waals surface area contributed by atoms with Crippen LogP contribution in [0.3, 0.4) is 0 Å². The quantitative estimate of drug-likeness (QED) is 0.834. The van der Waals surface area contributed by atoms with Crippen molar-refractivity contribution >= 4 is 0 Å². The van der Waals surface area contributed by atoms with E-state index in [0.717, 1.165) is 38.1 Å². The van der Waals surface area contributed by atoms with Gasteiger partial charge in [-0.15, -0.1) is 0 Å². The predicted octanol–water partition coefficient (Wildman–Crippen LogP) is 1.70. The summed E-state index contributed by atoms with van der Waals surface area (Å²) < 4.78 is 11.0. The van der Waals surface area contributed by atoms with Gasteiger partial charge in [-0.1, -0.05) is 6.92 Å². The van der Waals surface area contributed by atoms with Gasteiger partial charge >= 0.3 is 0 Å². The molecule has 2 unspecified atom stereocenters. The summed E-state index contributed by atoms with van der Waals surface area (Å²) in [6, 6.07) is 0.141. The molecule has 0 saturated carbocycles. The number of ether oxygens (including phenoxy) is 2. The first-order valence-electron chi connectivity index (χ1n) is 6.55. The predicted molar refractivity (Wildman–Crippen MR) is 68.6 cm³/mol. The van der Waals surface area contributed by atoms with Crippen molar-refractivity contribution in [2.45, 2.75) is 38.3 Å². The summed E-state index contributed by atoms with van der Waals surface area (Å²) in [5, 5.41) is 3.44. The van der Waals surface area contributed by atoms with E-state index >= 15 is 0 Å². The van der Waals surface area contributed by atoms with Crippen molar-refractivity contribution in [2.75, 3.05) is 20.3 Å². The van der Waals surface area contributed by atoms with Crippen LogP contribution in [-0.2, 0) is 4.74 Å². The molecule has 1 saturated heterocycles. The minimum Gasteiger partial charge on any atom is -0.480 e. The Balaban J connectivity index is 2.11. The zero-order chi connectivity index (χ0) is 12.8. The second-order valence-electron chi connectivity index (χ2n) is 4.43. The summed E-state index contributed by atoms with van der Waals surface area (Å²) in [6.07, 6.45) is 6.88. The van der Waals surface area contributed by atoms with Crippen molar-refractivity contribution < 1.29 is 9.47 Å². The number of methoxy groups -OCH3 is 1. The fourth-order valence-electron chi connectivity index (χ4n) is 2.36. The topological polar surface area (TPSA) is 56.3 Å². The van der Waals surface area contributed by atoms with E-state index in [-0.39, 0.29) is 6.04 Å². The average Bonchev–Trinajstić information content (AvgIpc) is 2.91. The van der Waals surface area contributed by atoms with Crippen LogP contribution in [0.1, 0.15) is 37.9 Å². The Hall–Kier alpha value is -1.20. The maximum absolute atomic E-state index is 5.70. The Labute approximate surface area is 108 Å². The van der Waals surface area contributed by atoms with Gasteiger partial charge in [0.2, 0.25) is 5.88 Å². The standard InChI is InChI=1S/C13H21N3O2/c1-3-14-11(9-10-5-4-8-18-10)12-13(17-2)16-7-6-15-12/h6-7,10-11,14H,3-5,8-9H2,1-2H3. The monoisotopic (exact) mass is 251 g/mol. The lowest BCUT2D eigenvalue weighted by Crippen LogP contribution is -2.26. The molecule has 0 aromatic carbocycles. The van der Waals surface area contributed by atoms with Gasteiger partial charge in [0.15, 0.2) is 0 Å². The fourth-order valence-corrected chi connectivity index (χ4v) is 2.36. The van der Waals surface area contributed by atoms with E-state index in [9.17, 15) is 0 Å². The lowest BCUT2D eigenvalue weighted by molar-refractivity contribution is 0.0939. The molecule has 2 rings (SSSR count). The lowest BCUT2D eigenvalue weighted by Gasteiger charge is -2.21. The third-order valence-corrected chi connectivity index (χ3v) is 3.19. The highest BCUT2D eigenvalue weighted by Gasteiger charge is 2.24. The molecule has 18 heavy (non-hydrogen) atoms. The van der Waals surface area contributed by atoms with Crippen molar-refractivity contribution in [2.24, 2.45) is 0 Å². The minimum absolute atomic E-state index is 0.141. The van der Waals surface area contributed by atoms with E-state index in [1.54, 1.807) is 19.5 Å². The summed E-state index contributed by atoms with van der Waals surface area (Å²) in [6.45, 7) is 3.85. The Kier molecular flexibility index (Phi) is 4.90. The first kappa shape index (κ1) is 13.2. The molecule has 1 N–H and O–H groups in total. The van der Waals surface area contributed by atoms with E-state index in [1.165, 1.54) is 0 Å². The highest BCUT2D eigenvalue weighted by atomic mass is 16.5. The van der Waals surface area contributed by atoms with Gasteiger partial charge in [-0.25, -0.2) is 4.98 Å². The molecular formula is C13H21N3O2. The molecule has 1 aliphatic heterocycles. The van der Waals surface area contributed by atoms with Crippen LogP contribution in [0.4, 0.5) is 0 Å². The molecule has 2 heterocycles. The van der Waals surface area contributed by atoms with E-state index in [0.29, 0.717) is 12.0 Å². The number of rotatable bonds is 6. The Bertz CT molecular complexity index is 367. The van der Waals surface area contributed by atoms with Gasteiger partial charge in [0.05, 0.1) is 19.3 Å². The number of aromatic nitrogens is 2. The number of hydrogen-bond acceptors (Lipinski definition) is 5. The normalized spacial score (nSPS) is 20.9. The van der Waals surface area contributed by atoms with Crippen LogP contribution in [0.2, 0.25) is 0 Å². The number of nitrogens with zero attached hydrogens (tertiary/aromatic N) is 2. The third-order valence-electron chi connectivity index (χ3n) is 3.19. The maximum atomic E-state index is 5.70. The van der Waals surface area contributed by atoms with Crippen LogP contribution >= 0.6 is 0 Å². The number of nitrogens with one attached hydrogen (secondary N) is 1. The molecule has 0 spiro atoms. The molecule has 1 aromatic rings. The molecule has 1 aromatic heterocycles. The van der Waals surface area contributed by atoms with Gasteiger partial charge in [-0.2, -0.15) is 0 Å². The van der Waals surface area contributed by atoms with Crippen molar-refractivity contribution in [1.82, 2.24) is 15.3 Å². The molecule has 2 atom stereocenters. The summed E-state index contributed by atoms with van der Waals surface area (Å²) in [5.74, 6) is 0.599. The highest BCUT2D eigenvalue weighted by Crippen LogP contribution is 2.27. The van der Waals surface area contributed by atoms with Gasteiger partial charge < -0.3 is 14.8 Å². The third kappa shape index (κ3) is 3.17. The van der Waals surface area contributed by atoms with Crippen LogP contribution < -0.4 is 10.1 Å². The summed E-state index contributed by atoms with van der Waals surface area (Å²) in [4.78, 5) is 8.61. The largest absolute Gasteiger partial charge is 0.480 e. The van der Waals surface area contributed by atoms with Crippen LogP contribution in [0.25, 0.3) is 0 Å². The first-order valence-corrected chi connectivity index (χ1v) is 6.55. The lowest BCUT2D eigenvalue weighted by atomic mass is 10.0. The van der Waals surface area contributed by atoms with Crippen LogP contribution in [0.15, 0.2) is 12.4 Å². The second kappa shape index (κ2) is 6.66. The van der Waals surface area contributed by atoms with E-state index in [2.05, 4.69) is 22.2 Å². The highest BCUT2D eigenvalue weighted by molar-refractivity contribution is 5.21. The maximum Gasteiger partial charge on any atom is 0.236 e. The van der Waals surface area contributed by atoms with E-state index < -0.39 is 0 Å². The fraction of sp³-hybridized carbons (Fsp3) is 0.692. The van der Waals surface area contributed by atoms with Crippen molar-refractivity contribution in [3.63, 3.8) is 0 Å². The molecule has 5 heteroatoms. The minimum atomic E-state index is 0.141. The molecule has 1 aliphatic rings. The van der Waals surface area contributed by atoms with Gasteiger partial charge in [0.25, 0.3) is 0 Å². The molecular weight excluding hydrogens is 230 g/mol. The summed E-state index contributed by atoms with van der Waals surface area (Å²) in [7, 11) is 1.63. The van der Waals surface area contributed by atoms with Crippen molar-refractivity contribution in [3.8, 4) is 5.88 Å². The summed E-state index contributed by atoms with van der Waals surface area (Å²) in [5.41, 5.74) is 0.873. The number of hydrogen-bond donors (Lipinski definition) is 1. The summed E-state index contributed by atoms with van der Waals surface area (Å²) >= 11 is 0. The molecule has 0 amide bonds. The van der Waals surface area contributed by atoms with E-state index in [1.807, 2.05) is 0 Å². The van der Waals surface area contributed by atoms with Gasteiger partial charge in [-0.3, -0.25) is 4.98 Å². The Morgan fingerprint density at radius 1 is 1.50 bits per heavy atom. The first-order chi connectivity index (χ1) is 8.85. The molecule has 0 aliphatic carbocycles. The van der Waals surface area contributed by atoms with Crippen LogP contribution in [0, 0.1) is 0 Å². The van der Waals surface area contributed by atoms with Gasteiger partial charge in [-0.05, 0) is 25.8 Å². The van der Waals surface area contributed by atoms with Crippen molar-refractivity contribution in [3.05, 3.63) is 18.1 Å². The SMILES string of the molecule is CCNC(CC1CCCO1)c1nccnc1OC. The van der Waals surface area contributed by atoms with Gasteiger partial charge in [0.1, 0.15) is 5.69 Å². The Morgan fingerprint density at radius 3 is 3.00 bits per heavy atom. The zero-order valence-corrected chi connectivity index (χ0v) is 11.1. The smallest absolute Gasteiger partial charge is 0.236 e. The zero-order valence-electron chi connectivity index (χ0n) is 11.1. The van der Waals surface area contributed by atoms with Crippen LogP contribution in [0.5, 0.6) is 5.88 Å². The van der Waals surface area contributed by atoms with Gasteiger partial charge in [0, 0.05) is 19.0 Å². The molecule has 5 nitrogen and oxygen atoms in total. The molecule has 0 radical (unpaired) electrons. The second-order valence-corrected chi connectivity index (χ2v) is 4.43.